The summed E-state index contributed by atoms with van der Waals surface area (Å²) >= 11 is 0. The van der Waals surface area contributed by atoms with Crippen molar-refractivity contribution >= 4 is 43.1 Å². The van der Waals surface area contributed by atoms with Crippen molar-refractivity contribution in [2.45, 2.75) is 57.8 Å². The Morgan fingerprint density at radius 1 is 0.246 bits per heavy atom. The normalized spacial score (nSPS) is 15.8. The maximum absolute atomic E-state index is 2.65. The first-order valence-electron chi connectivity index (χ1n) is 22.0. The van der Waals surface area contributed by atoms with Crippen molar-refractivity contribution in [1.29, 1.82) is 0 Å². The second-order valence-corrected chi connectivity index (χ2v) is 19.5. The topological polar surface area (TPSA) is 0 Å². The van der Waals surface area contributed by atoms with Crippen LogP contribution in [0.1, 0.15) is 74.9 Å². The molecule has 0 bridgehead atoms. The lowest BCUT2D eigenvalue weighted by molar-refractivity contribution is 0.636. The van der Waals surface area contributed by atoms with E-state index in [4.69, 9.17) is 0 Å². The first kappa shape index (κ1) is 35.0. The van der Waals surface area contributed by atoms with E-state index in [1.807, 2.05) is 0 Å². The van der Waals surface area contributed by atoms with E-state index in [0.717, 1.165) is 0 Å². The predicted molar refractivity (Wildman–Crippen MR) is 260 cm³/mol. The number of rotatable bonds is 2. The van der Waals surface area contributed by atoms with Crippen molar-refractivity contribution in [2.75, 3.05) is 0 Å². The predicted octanol–water partition coefficient (Wildman–Crippen LogP) is 16.6. The van der Waals surface area contributed by atoms with Crippen LogP contribution < -0.4 is 0 Å². The van der Waals surface area contributed by atoms with Gasteiger partial charge in [-0.25, -0.2) is 0 Å². The van der Waals surface area contributed by atoms with Gasteiger partial charge < -0.3 is 0 Å². The molecule has 0 aliphatic heterocycles. The number of hydrogen-bond donors (Lipinski definition) is 0. The lowest BCUT2D eigenvalue weighted by Crippen LogP contribution is -2.22. The van der Waals surface area contributed by atoms with Crippen molar-refractivity contribution in [1.82, 2.24) is 0 Å². The van der Waals surface area contributed by atoms with Gasteiger partial charge in [0.05, 0.1) is 0 Å². The van der Waals surface area contributed by atoms with E-state index in [0.29, 0.717) is 0 Å². The molecule has 0 amide bonds. The molecule has 3 aliphatic rings. The minimum Gasteiger partial charge on any atom is -0.0619 e. The molecule has 0 spiro atoms. The lowest BCUT2D eigenvalue weighted by atomic mass is 9.71. The summed E-state index contributed by atoms with van der Waals surface area (Å²) in [5, 5.41) is 10.3. The molecule has 0 radical (unpaired) electrons. The molecular formula is C61H46. The monoisotopic (exact) mass is 778 g/mol. The van der Waals surface area contributed by atoms with Crippen LogP contribution in [0.4, 0.5) is 0 Å². The molecule has 0 heteroatoms. The number of fused-ring (bicyclic) bond motifs is 16. The molecule has 0 aromatic heterocycles. The Kier molecular flexibility index (Phi) is 6.74. The zero-order valence-corrected chi connectivity index (χ0v) is 35.7. The fourth-order valence-corrected chi connectivity index (χ4v) is 12.7. The number of benzene rings is 10. The van der Waals surface area contributed by atoms with E-state index >= 15 is 0 Å². The van der Waals surface area contributed by atoms with Crippen LogP contribution in [0.15, 0.2) is 170 Å². The van der Waals surface area contributed by atoms with Crippen LogP contribution in [0.5, 0.6) is 0 Å². The summed E-state index contributed by atoms with van der Waals surface area (Å²) in [6.45, 7) is 14.9. The van der Waals surface area contributed by atoms with Gasteiger partial charge in [0.15, 0.2) is 0 Å². The minimum absolute atomic E-state index is 0.158. The average molecular weight is 779 g/mol. The lowest BCUT2D eigenvalue weighted by Gasteiger charge is -2.31. The third kappa shape index (κ3) is 4.30. The summed E-state index contributed by atoms with van der Waals surface area (Å²) in [5.74, 6) is 0. The molecule has 10 aromatic rings. The van der Waals surface area contributed by atoms with E-state index in [9.17, 15) is 0 Å². The van der Waals surface area contributed by atoms with Crippen molar-refractivity contribution in [2.24, 2.45) is 0 Å². The second-order valence-electron chi connectivity index (χ2n) is 19.5. The molecule has 0 saturated heterocycles. The maximum Gasteiger partial charge on any atom is 0.0165 e. The van der Waals surface area contributed by atoms with Gasteiger partial charge in [0.1, 0.15) is 0 Å². The quantitative estimate of drug-likeness (QED) is 0.153. The maximum atomic E-state index is 2.65. The molecule has 13 rings (SSSR count). The van der Waals surface area contributed by atoms with Crippen LogP contribution in [-0.2, 0) is 16.2 Å². The number of hydrogen-bond acceptors (Lipinski definition) is 0. The van der Waals surface area contributed by atoms with Crippen LogP contribution in [0.25, 0.3) is 98.7 Å². The minimum atomic E-state index is -0.280. The zero-order chi connectivity index (χ0) is 41.2. The molecule has 10 aromatic carbocycles. The molecule has 0 fully saturated rings. The molecule has 0 nitrogen and oxygen atoms in total. The van der Waals surface area contributed by atoms with Crippen LogP contribution in [0.2, 0.25) is 0 Å². The summed E-state index contributed by atoms with van der Waals surface area (Å²) in [7, 11) is 0. The molecular weight excluding hydrogens is 733 g/mol. The first-order valence-corrected chi connectivity index (χ1v) is 22.0. The Hall–Kier alpha value is -6.76. The van der Waals surface area contributed by atoms with Crippen molar-refractivity contribution in [3.05, 3.63) is 203 Å². The smallest absolute Gasteiger partial charge is 0.0165 e. The molecule has 61 heavy (non-hydrogen) atoms. The Balaban J connectivity index is 1.26. The Labute approximate surface area is 358 Å². The van der Waals surface area contributed by atoms with E-state index < -0.39 is 0 Å². The molecule has 0 atom stereocenters. The Bertz CT molecular complexity index is 3600. The highest BCUT2D eigenvalue weighted by atomic mass is 14.5. The third-order valence-electron chi connectivity index (χ3n) is 15.3. The van der Waals surface area contributed by atoms with Gasteiger partial charge >= 0.3 is 0 Å². The second kappa shape index (κ2) is 11.7. The van der Waals surface area contributed by atoms with Gasteiger partial charge in [-0.05, 0) is 144 Å². The van der Waals surface area contributed by atoms with E-state index in [2.05, 4.69) is 211 Å². The standard InChI is InChI=1S/C61H46/c1-59(2)48-31-15-14-28-44(48)54-56(59)53-43-27-13-16-32-49(43)60(3,4)57(53)55-47-33-45-46(34-50(47)61(5,6)58(54)55)52(40-30-18-22-36-20-8-10-24-38(36)40)42-26-12-11-25-41(42)51(45)39-29-17-21-35-19-7-9-23-37(35)39/h7-34H,1-6H3. The van der Waals surface area contributed by atoms with Gasteiger partial charge in [0, 0.05) is 16.2 Å². The van der Waals surface area contributed by atoms with Crippen molar-refractivity contribution in [3.8, 4) is 55.6 Å². The highest BCUT2D eigenvalue weighted by Crippen LogP contribution is 2.68. The highest BCUT2D eigenvalue weighted by molar-refractivity contribution is 6.26. The fraction of sp³-hybridized carbons (Fsp3) is 0.148. The van der Waals surface area contributed by atoms with Gasteiger partial charge in [0.25, 0.3) is 0 Å². The van der Waals surface area contributed by atoms with Gasteiger partial charge in [-0.3, -0.25) is 0 Å². The summed E-state index contributed by atoms with van der Waals surface area (Å²) in [6, 6.07) is 64.6. The summed E-state index contributed by atoms with van der Waals surface area (Å²) in [6.07, 6.45) is 0. The van der Waals surface area contributed by atoms with Crippen LogP contribution >= 0.6 is 0 Å². The van der Waals surface area contributed by atoms with E-state index in [-0.39, 0.29) is 16.2 Å². The SMILES string of the molecule is CC1(C)c2ccccc2-c2c1c1c(c3c2C(C)(C)c2cc4c(-c5cccc6ccccc56)c5ccccc5c(-c5cccc6ccccc56)c4cc2-3)C(C)(C)c2ccccc2-1. The third-order valence-corrected chi connectivity index (χ3v) is 15.3. The molecule has 0 N–H and O–H groups in total. The Morgan fingerprint density at radius 3 is 1.08 bits per heavy atom. The van der Waals surface area contributed by atoms with E-state index in [1.54, 1.807) is 0 Å². The van der Waals surface area contributed by atoms with Crippen LogP contribution in [0.3, 0.4) is 0 Å². The molecule has 0 heterocycles. The fourth-order valence-electron chi connectivity index (χ4n) is 12.7. The van der Waals surface area contributed by atoms with Gasteiger partial charge in [0.2, 0.25) is 0 Å². The molecule has 3 aliphatic carbocycles. The largest absolute Gasteiger partial charge is 0.0619 e. The van der Waals surface area contributed by atoms with Gasteiger partial charge in [-0.1, -0.05) is 199 Å². The molecule has 0 unspecified atom stereocenters. The molecule has 290 valence electrons. The summed E-state index contributed by atoms with van der Waals surface area (Å²) in [5.41, 5.74) is 21.9. The van der Waals surface area contributed by atoms with Crippen molar-refractivity contribution < 1.29 is 0 Å². The van der Waals surface area contributed by atoms with Gasteiger partial charge in [-0.2, -0.15) is 0 Å². The zero-order valence-electron chi connectivity index (χ0n) is 35.7. The van der Waals surface area contributed by atoms with Crippen LogP contribution in [0, 0.1) is 0 Å². The van der Waals surface area contributed by atoms with Gasteiger partial charge in [-0.15, -0.1) is 0 Å². The first-order chi connectivity index (χ1) is 29.6. The van der Waals surface area contributed by atoms with E-state index in [1.165, 1.54) is 132 Å². The van der Waals surface area contributed by atoms with Crippen molar-refractivity contribution in [3.63, 3.8) is 0 Å². The molecule has 0 saturated carbocycles. The highest BCUT2D eigenvalue weighted by Gasteiger charge is 2.52. The summed E-state index contributed by atoms with van der Waals surface area (Å²) < 4.78 is 0. The average Bonchev–Trinajstić information content (AvgIpc) is 3.76. The summed E-state index contributed by atoms with van der Waals surface area (Å²) in [4.78, 5) is 0. The Morgan fingerprint density at radius 2 is 0.590 bits per heavy atom. The van der Waals surface area contributed by atoms with Crippen LogP contribution in [-0.4, -0.2) is 0 Å².